The van der Waals surface area contributed by atoms with Gasteiger partial charge in [0.05, 0.1) is 4.87 Å². The Hall–Kier alpha value is 0.310. The molecule has 1 nitrogen and oxygen atoms in total. The van der Waals surface area contributed by atoms with Crippen LogP contribution in [0.2, 0.25) is 0 Å². The van der Waals surface area contributed by atoms with Crippen molar-refractivity contribution < 1.29 is 0 Å². The van der Waals surface area contributed by atoms with Crippen molar-refractivity contribution in [2.45, 2.75) is 31.6 Å². The lowest BCUT2D eigenvalue weighted by Gasteiger charge is -2.24. The van der Waals surface area contributed by atoms with E-state index in [1.165, 1.54) is 25.1 Å². The Morgan fingerprint density at radius 3 is 2.33 bits per heavy atom. The molecule has 9 heavy (non-hydrogen) atoms. The van der Waals surface area contributed by atoms with Crippen LogP contribution in [0.5, 0.6) is 0 Å². The molecule has 0 aromatic heterocycles. The van der Waals surface area contributed by atoms with Crippen LogP contribution in [0.3, 0.4) is 0 Å². The highest BCUT2D eigenvalue weighted by Gasteiger charge is 2.29. The highest BCUT2D eigenvalue weighted by Crippen LogP contribution is 2.32. The zero-order chi connectivity index (χ0) is 6.74. The molecule has 0 aromatic rings. The molecule has 0 amide bonds. The molecular formula is C7H15NS. The summed E-state index contributed by atoms with van der Waals surface area (Å²) in [4.78, 5) is 0.444. The lowest BCUT2D eigenvalue weighted by molar-refractivity contribution is 0.473. The molecule has 54 valence electrons. The van der Waals surface area contributed by atoms with Crippen molar-refractivity contribution in [1.82, 2.24) is 5.32 Å². The molecule has 0 spiro atoms. The van der Waals surface area contributed by atoms with Crippen LogP contribution in [0.15, 0.2) is 0 Å². The fourth-order valence-electron chi connectivity index (χ4n) is 1.28. The van der Waals surface area contributed by atoms with Crippen molar-refractivity contribution in [3.8, 4) is 0 Å². The molecule has 1 fully saturated rings. The van der Waals surface area contributed by atoms with Gasteiger partial charge in [0.15, 0.2) is 0 Å². The van der Waals surface area contributed by atoms with E-state index < -0.39 is 0 Å². The Labute approximate surface area is 61.6 Å². The van der Waals surface area contributed by atoms with Crippen LogP contribution in [-0.2, 0) is 0 Å². The van der Waals surface area contributed by atoms with Gasteiger partial charge in [-0.15, -0.1) is 11.8 Å². The zero-order valence-electron chi connectivity index (χ0n) is 6.24. The van der Waals surface area contributed by atoms with E-state index in [2.05, 4.69) is 30.9 Å². The zero-order valence-corrected chi connectivity index (χ0v) is 7.05. The van der Waals surface area contributed by atoms with Crippen LogP contribution in [-0.4, -0.2) is 17.2 Å². The largest absolute Gasteiger partial charge is 0.302 e. The Morgan fingerprint density at radius 2 is 2.11 bits per heavy atom. The topological polar surface area (TPSA) is 12.0 Å². The predicted octanol–water partition coefficient (Wildman–Crippen LogP) is 1.84. The molecule has 1 N–H and O–H groups in total. The Kier molecular flexibility index (Phi) is 2.42. The summed E-state index contributed by atoms with van der Waals surface area (Å²) in [5.74, 6) is 1.29. The number of hydrogen-bond donors (Lipinski definition) is 1. The average Bonchev–Trinajstić information content (AvgIpc) is 2.36. The summed E-state index contributed by atoms with van der Waals surface area (Å²) in [7, 11) is 0. The van der Waals surface area contributed by atoms with E-state index >= 15 is 0 Å². The van der Waals surface area contributed by atoms with Crippen molar-refractivity contribution in [1.29, 1.82) is 0 Å². The lowest BCUT2D eigenvalue weighted by atomic mass is 10.1. The average molecular weight is 145 g/mol. The number of nitrogens with one attached hydrogen (secondary N) is 1. The first kappa shape index (κ1) is 7.42. The van der Waals surface area contributed by atoms with Gasteiger partial charge >= 0.3 is 0 Å². The highest BCUT2D eigenvalue weighted by atomic mass is 32.2. The van der Waals surface area contributed by atoms with Crippen molar-refractivity contribution in [3.63, 3.8) is 0 Å². The quantitative estimate of drug-likeness (QED) is 0.636. The third kappa shape index (κ3) is 1.41. The van der Waals surface area contributed by atoms with Gasteiger partial charge < -0.3 is 5.32 Å². The minimum absolute atomic E-state index is 0.444. The molecule has 0 bridgehead atoms. The van der Waals surface area contributed by atoms with Crippen molar-refractivity contribution >= 4 is 11.8 Å². The van der Waals surface area contributed by atoms with Crippen molar-refractivity contribution in [3.05, 3.63) is 0 Å². The fraction of sp³-hybridized carbons (Fsp3) is 1.00. The van der Waals surface area contributed by atoms with E-state index in [9.17, 15) is 0 Å². The monoisotopic (exact) mass is 145 g/mol. The summed E-state index contributed by atoms with van der Waals surface area (Å²) < 4.78 is 0. The molecule has 0 saturated carbocycles. The van der Waals surface area contributed by atoms with Gasteiger partial charge in [-0.05, 0) is 12.8 Å². The molecule has 1 saturated heterocycles. The van der Waals surface area contributed by atoms with Gasteiger partial charge in [-0.1, -0.05) is 13.8 Å². The fourth-order valence-corrected chi connectivity index (χ4v) is 2.49. The van der Waals surface area contributed by atoms with Crippen LogP contribution in [0.25, 0.3) is 0 Å². The molecule has 2 heteroatoms. The van der Waals surface area contributed by atoms with E-state index in [-0.39, 0.29) is 0 Å². The van der Waals surface area contributed by atoms with Gasteiger partial charge in [0.25, 0.3) is 0 Å². The third-order valence-electron chi connectivity index (χ3n) is 2.07. The first-order chi connectivity index (χ1) is 4.33. The standard InChI is InChI=1S/C7H15NS/c1-3-7(4-2)8-5-6-9-7/h8H,3-6H2,1-2H3. The van der Waals surface area contributed by atoms with Gasteiger partial charge in [-0.25, -0.2) is 0 Å². The normalized spacial score (nSPS) is 24.7. The third-order valence-corrected chi connectivity index (χ3v) is 3.75. The summed E-state index contributed by atoms with van der Waals surface area (Å²) in [6.45, 7) is 5.72. The molecule has 1 aliphatic rings. The minimum Gasteiger partial charge on any atom is -0.302 e. The number of rotatable bonds is 2. The molecule has 1 aliphatic heterocycles. The van der Waals surface area contributed by atoms with Gasteiger partial charge in [-0.2, -0.15) is 0 Å². The van der Waals surface area contributed by atoms with Gasteiger partial charge in [0.2, 0.25) is 0 Å². The number of thioether (sulfide) groups is 1. The first-order valence-corrected chi connectivity index (χ1v) is 4.70. The maximum absolute atomic E-state index is 3.53. The minimum atomic E-state index is 0.444. The molecule has 0 aromatic carbocycles. The summed E-state index contributed by atoms with van der Waals surface area (Å²) in [5, 5.41) is 3.53. The van der Waals surface area contributed by atoms with Gasteiger partial charge in [0.1, 0.15) is 0 Å². The van der Waals surface area contributed by atoms with Crippen LogP contribution in [0.4, 0.5) is 0 Å². The molecule has 0 aliphatic carbocycles. The van der Waals surface area contributed by atoms with E-state index in [4.69, 9.17) is 0 Å². The second-order valence-corrected chi connectivity index (χ2v) is 3.96. The molecule has 0 radical (unpaired) electrons. The Morgan fingerprint density at radius 1 is 1.44 bits per heavy atom. The van der Waals surface area contributed by atoms with Crippen LogP contribution in [0.1, 0.15) is 26.7 Å². The summed E-state index contributed by atoms with van der Waals surface area (Å²) >= 11 is 2.08. The number of hydrogen-bond acceptors (Lipinski definition) is 2. The van der Waals surface area contributed by atoms with Crippen LogP contribution < -0.4 is 5.32 Å². The van der Waals surface area contributed by atoms with Crippen LogP contribution in [0, 0.1) is 0 Å². The first-order valence-electron chi connectivity index (χ1n) is 3.72. The maximum Gasteiger partial charge on any atom is 0.0640 e. The summed E-state index contributed by atoms with van der Waals surface area (Å²) in [6.07, 6.45) is 2.52. The molecule has 1 heterocycles. The summed E-state index contributed by atoms with van der Waals surface area (Å²) in [5.41, 5.74) is 0. The SMILES string of the molecule is CCC1(CC)NCCS1. The van der Waals surface area contributed by atoms with Gasteiger partial charge in [-0.3, -0.25) is 0 Å². The van der Waals surface area contributed by atoms with Crippen molar-refractivity contribution in [2.24, 2.45) is 0 Å². The van der Waals surface area contributed by atoms with Crippen LogP contribution >= 0.6 is 11.8 Å². The van der Waals surface area contributed by atoms with E-state index in [0.717, 1.165) is 0 Å². The molecule has 0 atom stereocenters. The smallest absolute Gasteiger partial charge is 0.0640 e. The second kappa shape index (κ2) is 2.93. The van der Waals surface area contributed by atoms with E-state index in [1.807, 2.05) is 0 Å². The molecule has 0 unspecified atom stereocenters. The highest BCUT2D eigenvalue weighted by molar-refractivity contribution is 8.00. The molecular weight excluding hydrogens is 130 g/mol. The van der Waals surface area contributed by atoms with E-state index in [1.54, 1.807) is 0 Å². The van der Waals surface area contributed by atoms with E-state index in [0.29, 0.717) is 4.87 Å². The Bertz CT molecular complexity index is 80.9. The predicted molar refractivity (Wildman–Crippen MR) is 43.8 cm³/mol. The Balaban J connectivity index is 2.45. The second-order valence-electron chi connectivity index (χ2n) is 2.48. The molecule has 1 rings (SSSR count). The maximum atomic E-state index is 3.53. The summed E-state index contributed by atoms with van der Waals surface area (Å²) in [6, 6.07) is 0. The lowest BCUT2D eigenvalue weighted by Crippen LogP contribution is -2.35. The van der Waals surface area contributed by atoms with Crippen molar-refractivity contribution in [2.75, 3.05) is 12.3 Å². The van der Waals surface area contributed by atoms with Gasteiger partial charge in [0, 0.05) is 12.3 Å².